The number of rotatable bonds is 11. The van der Waals surface area contributed by atoms with E-state index in [2.05, 4.69) is 38.2 Å². The molecule has 0 N–H and O–H groups in total. The van der Waals surface area contributed by atoms with E-state index in [-0.39, 0.29) is 0 Å². The van der Waals surface area contributed by atoms with Gasteiger partial charge in [-0.05, 0) is 39.5 Å². The molecule has 16 heavy (non-hydrogen) atoms. The molecule has 0 aromatic carbocycles. The minimum Gasteiger partial charge on any atom is -0.0917 e. The summed E-state index contributed by atoms with van der Waals surface area (Å²) in [6.07, 6.45) is 22.8. The Bertz CT molecular complexity index is 145. The van der Waals surface area contributed by atoms with Crippen LogP contribution in [0.1, 0.15) is 78.1 Å². The fourth-order valence-corrected chi connectivity index (χ4v) is 1.92. The maximum atomic E-state index is 2.28. The van der Waals surface area contributed by atoms with Crippen molar-refractivity contribution >= 4 is 0 Å². The Labute approximate surface area is 103 Å². The molecule has 94 valence electrons. The van der Waals surface area contributed by atoms with Gasteiger partial charge < -0.3 is 0 Å². The summed E-state index contributed by atoms with van der Waals surface area (Å²) in [5.41, 5.74) is 0. The number of hydrogen-bond acceptors (Lipinski definition) is 0. The highest BCUT2D eigenvalue weighted by Crippen LogP contribution is 2.10. The van der Waals surface area contributed by atoms with Crippen molar-refractivity contribution in [3.8, 4) is 0 Å². The molecule has 0 fully saturated rings. The highest BCUT2D eigenvalue weighted by molar-refractivity contribution is 4.76. The zero-order chi connectivity index (χ0) is 11.9. The molecule has 0 amide bonds. The number of hydrogen-bond donors (Lipinski definition) is 0. The monoisotopic (exact) mass is 222 g/mol. The van der Waals surface area contributed by atoms with Crippen molar-refractivity contribution in [3.05, 3.63) is 24.3 Å². The van der Waals surface area contributed by atoms with E-state index in [0.717, 1.165) is 0 Å². The summed E-state index contributed by atoms with van der Waals surface area (Å²) in [7, 11) is 0. The Morgan fingerprint density at radius 1 is 0.500 bits per heavy atom. The van der Waals surface area contributed by atoms with Crippen LogP contribution in [0.4, 0.5) is 0 Å². The lowest BCUT2D eigenvalue weighted by Gasteiger charge is -2.00. The fraction of sp³-hybridized carbons (Fsp3) is 0.750. The molecule has 0 aliphatic rings. The van der Waals surface area contributed by atoms with E-state index in [1.807, 2.05) is 0 Å². The molecule has 0 spiro atoms. The van der Waals surface area contributed by atoms with E-state index in [0.29, 0.717) is 0 Å². The van der Waals surface area contributed by atoms with E-state index in [9.17, 15) is 0 Å². The van der Waals surface area contributed by atoms with Crippen LogP contribution in [-0.2, 0) is 0 Å². The third-order valence-corrected chi connectivity index (χ3v) is 2.96. The van der Waals surface area contributed by atoms with Crippen LogP contribution in [0.15, 0.2) is 24.3 Å². The van der Waals surface area contributed by atoms with Crippen molar-refractivity contribution in [2.75, 3.05) is 0 Å². The maximum absolute atomic E-state index is 2.28. The normalized spacial score (nSPS) is 11.9. The number of unbranched alkanes of at least 4 members (excludes halogenated alkanes) is 9. The lowest BCUT2D eigenvalue weighted by molar-refractivity contribution is 0.571. The van der Waals surface area contributed by atoms with E-state index in [1.165, 1.54) is 64.2 Å². The van der Waals surface area contributed by atoms with Gasteiger partial charge in [0.1, 0.15) is 0 Å². The van der Waals surface area contributed by atoms with E-state index < -0.39 is 0 Å². The third-order valence-electron chi connectivity index (χ3n) is 2.96. The summed E-state index contributed by atoms with van der Waals surface area (Å²) in [4.78, 5) is 0. The Morgan fingerprint density at radius 2 is 0.812 bits per heavy atom. The molecule has 0 nitrogen and oxygen atoms in total. The zero-order valence-electron chi connectivity index (χ0n) is 11.4. The Hall–Kier alpha value is -0.520. The summed E-state index contributed by atoms with van der Waals surface area (Å²) >= 11 is 0. The molecule has 0 heteroatoms. The van der Waals surface area contributed by atoms with Crippen LogP contribution < -0.4 is 0 Å². The third kappa shape index (κ3) is 13.5. The van der Waals surface area contributed by atoms with E-state index in [4.69, 9.17) is 0 Å². The van der Waals surface area contributed by atoms with Crippen LogP contribution in [0.2, 0.25) is 0 Å². The van der Waals surface area contributed by atoms with Gasteiger partial charge >= 0.3 is 0 Å². The van der Waals surface area contributed by atoms with Gasteiger partial charge in [-0.25, -0.2) is 0 Å². The van der Waals surface area contributed by atoms with E-state index in [1.54, 1.807) is 0 Å². The first kappa shape index (κ1) is 15.5. The van der Waals surface area contributed by atoms with Crippen LogP contribution in [0.25, 0.3) is 0 Å². The second kappa shape index (κ2) is 14.5. The minimum atomic E-state index is 1.28. The van der Waals surface area contributed by atoms with Gasteiger partial charge in [0.15, 0.2) is 0 Å². The Morgan fingerprint density at radius 3 is 1.12 bits per heavy atom. The molecule has 0 bridgehead atoms. The van der Waals surface area contributed by atoms with Crippen LogP contribution in [-0.4, -0.2) is 0 Å². The molecule has 0 unspecified atom stereocenters. The highest BCUT2D eigenvalue weighted by Gasteiger charge is 1.91. The van der Waals surface area contributed by atoms with E-state index >= 15 is 0 Å². The van der Waals surface area contributed by atoms with Crippen LogP contribution in [0.5, 0.6) is 0 Å². The SMILES string of the molecule is C/C=C/CCCCCCCCCC/C=C/C. The largest absolute Gasteiger partial charge is 0.0917 e. The Balaban J connectivity index is 2.93. The van der Waals surface area contributed by atoms with Crippen molar-refractivity contribution < 1.29 is 0 Å². The molecule has 0 saturated heterocycles. The summed E-state index contributed by atoms with van der Waals surface area (Å²) in [6, 6.07) is 0. The summed E-state index contributed by atoms with van der Waals surface area (Å²) in [5, 5.41) is 0. The molecule has 0 radical (unpaired) electrons. The van der Waals surface area contributed by atoms with Crippen molar-refractivity contribution in [2.24, 2.45) is 0 Å². The minimum absolute atomic E-state index is 1.28. The molecular formula is C16H30. The average molecular weight is 222 g/mol. The van der Waals surface area contributed by atoms with Gasteiger partial charge in [0, 0.05) is 0 Å². The molecule has 0 aliphatic carbocycles. The molecule has 0 aliphatic heterocycles. The molecule has 0 saturated carbocycles. The quantitative estimate of drug-likeness (QED) is 0.295. The smallest absolute Gasteiger partial charge is 0.0351 e. The van der Waals surface area contributed by atoms with Crippen LogP contribution in [0.3, 0.4) is 0 Å². The van der Waals surface area contributed by atoms with Crippen molar-refractivity contribution in [1.82, 2.24) is 0 Å². The first-order valence-corrected chi connectivity index (χ1v) is 7.14. The molecule has 0 atom stereocenters. The van der Waals surface area contributed by atoms with Gasteiger partial charge in [-0.15, -0.1) is 0 Å². The van der Waals surface area contributed by atoms with Gasteiger partial charge in [-0.3, -0.25) is 0 Å². The lowest BCUT2D eigenvalue weighted by atomic mass is 10.1. The topological polar surface area (TPSA) is 0 Å². The molecule has 0 rings (SSSR count). The zero-order valence-corrected chi connectivity index (χ0v) is 11.4. The van der Waals surface area contributed by atoms with Crippen molar-refractivity contribution in [1.29, 1.82) is 0 Å². The average Bonchev–Trinajstić information content (AvgIpc) is 2.31. The van der Waals surface area contributed by atoms with Crippen molar-refractivity contribution in [2.45, 2.75) is 78.1 Å². The fourth-order valence-electron chi connectivity index (χ4n) is 1.92. The second-order valence-corrected chi connectivity index (χ2v) is 4.54. The first-order valence-electron chi connectivity index (χ1n) is 7.14. The van der Waals surface area contributed by atoms with Gasteiger partial charge in [0.2, 0.25) is 0 Å². The predicted octanol–water partition coefficient (Wildman–Crippen LogP) is 6.04. The summed E-state index contributed by atoms with van der Waals surface area (Å²) in [6.45, 7) is 4.21. The van der Waals surface area contributed by atoms with Crippen LogP contribution >= 0.6 is 0 Å². The molecule has 0 aromatic rings. The lowest BCUT2D eigenvalue weighted by Crippen LogP contribution is -1.80. The van der Waals surface area contributed by atoms with Gasteiger partial charge in [0.05, 0.1) is 0 Å². The van der Waals surface area contributed by atoms with Gasteiger partial charge in [-0.2, -0.15) is 0 Å². The maximum Gasteiger partial charge on any atom is -0.0351 e. The van der Waals surface area contributed by atoms with Gasteiger partial charge in [0.25, 0.3) is 0 Å². The molecule has 0 aromatic heterocycles. The highest BCUT2D eigenvalue weighted by atomic mass is 14.0. The van der Waals surface area contributed by atoms with Gasteiger partial charge in [-0.1, -0.05) is 62.8 Å². The molecular weight excluding hydrogens is 192 g/mol. The van der Waals surface area contributed by atoms with Crippen molar-refractivity contribution in [3.63, 3.8) is 0 Å². The summed E-state index contributed by atoms with van der Waals surface area (Å²) < 4.78 is 0. The first-order chi connectivity index (χ1) is 7.91. The predicted molar refractivity (Wildman–Crippen MR) is 75.8 cm³/mol. The van der Waals surface area contributed by atoms with Crippen LogP contribution in [0, 0.1) is 0 Å². The standard InChI is InChI=1S/C16H30/c1-3-5-7-9-11-13-15-16-14-12-10-8-6-4-2/h3-6H,7-16H2,1-2H3/b5-3+,6-4+. The molecule has 0 heterocycles. The second-order valence-electron chi connectivity index (χ2n) is 4.54. The Kier molecular flexibility index (Phi) is 14.0. The number of allylic oxidation sites excluding steroid dienone is 4. The summed E-state index contributed by atoms with van der Waals surface area (Å²) in [5.74, 6) is 0.